The number of β-amino-alcohol motifs (C(OH)–C–C–N with tert-alkyl or cyclic N) is 1. The number of aromatic nitrogens is 1. The zero-order valence-corrected chi connectivity index (χ0v) is 12.0. The van der Waals surface area contributed by atoms with E-state index in [1.165, 1.54) is 11.3 Å². The number of thiazole rings is 1. The van der Waals surface area contributed by atoms with Crippen LogP contribution in [0.4, 0.5) is 5.13 Å². The topological polar surface area (TPSA) is 74.2 Å². The lowest BCUT2D eigenvalue weighted by atomic mass is 10.2. The normalized spacial score (nSPS) is 22.9. The molecule has 0 radical (unpaired) electrons. The second-order valence-corrected chi connectivity index (χ2v) is 5.62. The molecule has 0 spiro atoms. The van der Waals surface area contributed by atoms with Gasteiger partial charge in [0.1, 0.15) is 0 Å². The highest BCUT2D eigenvalue weighted by atomic mass is 35.5. The molecule has 102 valence electrons. The number of hydrogen-bond donors (Lipinski definition) is 3. The van der Waals surface area contributed by atoms with Crippen molar-refractivity contribution in [2.45, 2.75) is 38.3 Å². The maximum atomic E-state index is 11.8. The Bertz CT molecular complexity index is 411. The molecule has 2 atom stereocenters. The van der Waals surface area contributed by atoms with E-state index in [1.54, 1.807) is 6.20 Å². The van der Waals surface area contributed by atoms with Gasteiger partial charge in [0.25, 0.3) is 0 Å². The van der Waals surface area contributed by atoms with E-state index in [-0.39, 0.29) is 24.4 Å². The summed E-state index contributed by atoms with van der Waals surface area (Å²) in [6.45, 7) is 4.66. The second-order valence-electron chi connectivity index (χ2n) is 4.56. The average molecular weight is 292 g/mol. The molecule has 0 saturated carbocycles. The first-order chi connectivity index (χ1) is 8.06. The Hall–Kier alpha value is -0.690. The third-order valence-electron chi connectivity index (χ3n) is 2.75. The van der Waals surface area contributed by atoms with Crippen molar-refractivity contribution in [1.82, 2.24) is 10.3 Å². The maximum Gasteiger partial charge on any atom is 0.243 e. The monoisotopic (exact) mass is 291 g/mol. The molecule has 1 aromatic heterocycles. The summed E-state index contributed by atoms with van der Waals surface area (Å²) in [7, 11) is 0. The van der Waals surface area contributed by atoms with E-state index in [1.807, 2.05) is 0 Å². The summed E-state index contributed by atoms with van der Waals surface area (Å²) in [6, 6.07) is -0.309. The molecular weight excluding hydrogens is 274 g/mol. The maximum absolute atomic E-state index is 11.8. The highest BCUT2D eigenvalue weighted by Crippen LogP contribution is 2.25. The van der Waals surface area contributed by atoms with Gasteiger partial charge in [0, 0.05) is 17.6 Å². The minimum absolute atomic E-state index is 0. The van der Waals surface area contributed by atoms with Crippen LogP contribution in [0.25, 0.3) is 0 Å². The summed E-state index contributed by atoms with van der Waals surface area (Å²) in [4.78, 5) is 17.1. The summed E-state index contributed by atoms with van der Waals surface area (Å²) in [5.74, 6) is 0.302. The van der Waals surface area contributed by atoms with Crippen LogP contribution >= 0.6 is 23.7 Å². The molecule has 3 N–H and O–H groups in total. The molecule has 1 saturated heterocycles. The molecule has 5 nitrogen and oxygen atoms in total. The number of carbonyl (C=O) groups excluding carboxylic acids is 1. The van der Waals surface area contributed by atoms with Gasteiger partial charge in [0.15, 0.2) is 5.13 Å². The van der Waals surface area contributed by atoms with Crippen LogP contribution in [-0.4, -0.2) is 34.7 Å². The van der Waals surface area contributed by atoms with Crippen molar-refractivity contribution >= 4 is 34.8 Å². The third-order valence-corrected chi connectivity index (χ3v) is 3.96. The standard InChI is InChI=1S/C11H17N3O2S.ClH/c1-6(2)9-5-13-11(17-9)14-10(16)8-3-7(15)4-12-8;/h5-8,12,15H,3-4H2,1-2H3,(H,13,14,16);1H. The fraction of sp³-hybridized carbons (Fsp3) is 0.636. The number of halogens is 1. The zero-order valence-electron chi connectivity index (χ0n) is 10.3. The molecule has 7 heteroatoms. The van der Waals surface area contributed by atoms with Crippen molar-refractivity contribution in [2.75, 3.05) is 11.9 Å². The Morgan fingerprint density at radius 3 is 2.89 bits per heavy atom. The van der Waals surface area contributed by atoms with Crippen molar-refractivity contribution in [1.29, 1.82) is 0 Å². The van der Waals surface area contributed by atoms with Crippen molar-refractivity contribution in [3.63, 3.8) is 0 Å². The number of carbonyl (C=O) groups is 1. The minimum atomic E-state index is -0.423. The third kappa shape index (κ3) is 3.65. The Morgan fingerprint density at radius 2 is 2.39 bits per heavy atom. The van der Waals surface area contributed by atoms with E-state index in [9.17, 15) is 9.90 Å². The minimum Gasteiger partial charge on any atom is -0.392 e. The number of amides is 1. The van der Waals surface area contributed by atoms with Crippen LogP contribution in [0, 0.1) is 0 Å². The van der Waals surface area contributed by atoms with Gasteiger partial charge in [-0.05, 0) is 12.3 Å². The van der Waals surface area contributed by atoms with Crippen LogP contribution in [-0.2, 0) is 4.79 Å². The SMILES string of the molecule is CC(C)c1cnc(NC(=O)C2CC(O)CN2)s1.Cl. The number of rotatable bonds is 3. The summed E-state index contributed by atoms with van der Waals surface area (Å²) < 4.78 is 0. The van der Waals surface area contributed by atoms with Crippen molar-refractivity contribution in [3.8, 4) is 0 Å². The summed E-state index contributed by atoms with van der Waals surface area (Å²) in [6.07, 6.45) is 1.84. The highest BCUT2D eigenvalue weighted by Gasteiger charge is 2.28. The quantitative estimate of drug-likeness (QED) is 0.786. The van der Waals surface area contributed by atoms with E-state index >= 15 is 0 Å². The zero-order chi connectivity index (χ0) is 12.4. The lowest BCUT2D eigenvalue weighted by molar-refractivity contribution is -0.117. The number of nitrogens with zero attached hydrogens (tertiary/aromatic N) is 1. The van der Waals surface area contributed by atoms with E-state index in [0.717, 1.165) is 4.88 Å². The van der Waals surface area contributed by atoms with Gasteiger partial charge in [0.05, 0.1) is 12.1 Å². The lowest BCUT2D eigenvalue weighted by Crippen LogP contribution is -2.35. The van der Waals surface area contributed by atoms with Gasteiger partial charge in [-0.2, -0.15) is 0 Å². The van der Waals surface area contributed by atoms with Crippen LogP contribution in [0.2, 0.25) is 0 Å². The van der Waals surface area contributed by atoms with Crippen LogP contribution in [0.15, 0.2) is 6.20 Å². The van der Waals surface area contributed by atoms with E-state index < -0.39 is 6.10 Å². The van der Waals surface area contributed by atoms with Gasteiger partial charge in [-0.3, -0.25) is 4.79 Å². The molecule has 1 fully saturated rings. The largest absolute Gasteiger partial charge is 0.392 e. The molecule has 18 heavy (non-hydrogen) atoms. The molecule has 0 bridgehead atoms. The van der Waals surface area contributed by atoms with Crippen molar-refractivity contribution < 1.29 is 9.90 Å². The molecule has 1 amide bonds. The number of hydrogen-bond acceptors (Lipinski definition) is 5. The Balaban J connectivity index is 0.00000162. The van der Waals surface area contributed by atoms with Crippen LogP contribution in [0.1, 0.15) is 31.1 Å². The van der Waals surface area contributed by atoms with E-state index in [2.05, 4.69) is 29.5 Å². The lowest BCUT2D eigenvalue weighted by Gasteiger charge is -2.08. The Morgan fingerprint density at radius 1 is 1.67 bits per heavy atom. The van der Waals surface area contributed by atoms with Gasteiger partial charge >= 0.3 is 0 Å². The van der Waals surface area contributed by atoms with Crippen LogP contribution < -0.4 is 10.6 Å². The first-order valence-corrected chi connectivity index (χ1v) is 6.56. The van der Waals surface area contributed by atoms with Crippen LogP contribution in [0.5, 0.6) is 0 Å². The molecule has 1 aromatic rings. The van der Waals surface area contributed by atoms with Crippen LogP contribution in [0.3, 0.4) is 0 Å². The average Bonchev–Trinajstić information content (AvgIpc) is 2.86. The highest BCUT2D eigenvalue weighted by molar-refractivity contribution is 7.15. The van der Waals surface area contributed by atoms with Crippen molar-refractivity contribution in [2.24, 2.45) is 0 Å². The summed E-state index contributed by atoms with van der Waals surface area (Å²) >= 11 is 1.50. The molecule has 2 heterocycles. The van der Waals surface area contributed by atoms with Gasteiger partial charge < -0.3 is 15.7 Å². The predicted octanol–water partition coefficient (Wildman–Crippen LogP) is 1.35. The first-order valence-electron chi connectivity index (χ1n) is 5.74. The molecule has 0 aromatic carbocycles. The van der Waals surface area contributed by atoms with Gasteiger partial charge in [-0.15, -0.1) is 23.7 Å². The molecule has 1 aliphatic heterocycles. The number of aliphatic hydroxyl groups is 1. The first kappa shape index (κ1) is 15.4. The molecular formula is C11H18ClN3O2S. The second kappa shape index (κ2) is 6.47. The van der Waals surface area contributed by atoms with E-state index in [0.29, 0.717) is 24.0 Å². The Kier molecular flexibility index (Phi) is 5.52. The number of nitrogens with one attached hydrogen (secondary N) is 2. The number of aliphatic hydroxyl groups excluding tert-OH is 1. The Labute approximate surface area is 116 Å². The molecule has 2 rings (SSSR count). The summed E-state index contributed by atoms with van der Waals surface area (Å²) in [5.41, 5.74) is 0. The molecule has 1 aliphatic rings. The molecule has 2 unspecified atom stereocenters. The fourth-order valence-corrected chi connectivity index (χ4v) is 2.54. The fourth-order valence-electron chi connectivity index (χ4n) is 1.72. The summed E-state index contributed by atoms with van der Waals surface area (Å²) in [5, 5.41) is 15.7. The molecule has 0 aliphatic carbocycles. The van der Waals surface area contributed by atoms with Gasteiger partial charge in [-0.25, -0.2) is 4.98 Å². The van der Waals surface area contributed by atoms with Crippen molar-refractivity contribution in [3.05, 3.63) is 11.1 Å². The van der Waals surface area contributed by atoms with Gasteiger partial charge in [0.2, 0.25) is 5.91 Å². The van der Waals surface area contributed by atoms with E-state index in [4.69, 9.17) is 0 Å². The predicted molar refractivity (Wildman–Crippen MR) is 74.5 cm³/mol. The van der Waals surface area contributed by atoms with Gasteiger partial charge in [-0.1, -0.05) is 13.8 Å². The smallest absolute Gasteiger partial charge is 0.243 e. The number of anilines is 1.